The Bertz CT molecular complexity index is 472. The van der Waals surface area contributed by atoms with E-state index in [1.807, 2.05) is 25.5 Å². The molecule has 0 aliphatic heterocycles. The van der Waals surface area contributed by atoms with Crippen LogP contribution in [0, 0.1) is 0 Å². The van der Waals surface area contributed by atoms with Crippen molar-refractivity contribution in [3.8, 4) is 5.69 Å². The zero-order chi connectivity index (χ0) is 11.5. The minimum Gasteiger partial charge on any atom is -0.323 e. The van der Waals surface area contributed by atoms with Crippen molar-refractivity contribution in [2.24, 2.45) is 5.73 Å². The second kappa shape index (κ2) is 4.49. The lowest BCUT2D eigenvalue weighted by atomic mass is 10.1. The van der Waals surface area contributed by atoms with Crippen LogP contribution in [0.25, 0.3) is 5.69 Å². The van der Waals surface area contributed by atoms with Gasteiger partial charge in [-0.1, -0.05) is 25.1 Å². The quantitative estimate of drug-likeness (QED) is 0.854. The average Bonchev–Trinajstić information content (AvgIpc) is 2.77. The standard InChI is InChI=1S/C13H17N3/c1-3-11-6-4-5-7-12(11)16-9-15-8-13(16)10(2)14/h4-10H,3,14H2,1-2H3/t10-/m1/s1. The highest BCUT2D eigenvalue weighted by molar-refractivity contribution is 5.42. The molecule has 2 aromatic rings. The molecular formula is C13H17N3. The fourth-order valence-corrected chi connectivity index (χ4v) is 1.89. The van der Waals surface area contributed by atoms with Gasteiger partial charge in [0.25, 0.3) is 0 Å². The summed E-state index contributed by atoms with van der Waals surface area (Å²) in [6.45, 7) is 4.13. The topological polar surface area (TPSA) is 43.8 Å². The molecule has 0 saturated heterocycles. The number of benzene rings is 1. The fourth-order valence-electron chi connectivity index (χ4n) is 1.89. The van der Waals surface area contributed by atoms with E-state index < -0.39 is 0 Å². The van der Waals surface area contributed by atoms with Gasteiger partial charge in [0.15, 0.2) is 0 Å². The van der Waals surface area contributed by atoms with Crippen LogP contribution in [0.3, 0.4) is 0 Å². The first-order valence-electron chi connectivity index (χ1n) is 5.60. The van der Waals surface area contributed by atoms with E-state index in [1.54, 1.807) is 0 Å². The van der Waals surface area contributed by atoms with Gasteiger partial charge in [0.1, 0.15) is 0 Å². The minimum absolute atomic E-state index is 0.00703. The van der Waals surface area contributed by atoms with Crippen LogP contribution in [0.5, 0.6) is 0 Å². The van der Waals surface area contributed by atoms with E-state index in [2.05, 4.69) is 34.7 Å². The van der Waals surface area contributed by atoms with E-state index in [9.17, 15) is 0 Å². The van der Waals surface area contributed by atoms with E-state index in [0.29, 0.717) is 0 Å². The van der Waals surface area contributed by atoms with Gasteiger partial charge in [-0.05, 0) is 25.0 Å². The molecule has 0 aliphatic carbocycles. The Morgan fingerprint density at radius 2 is 2.12 bits per heavy atom. The van der Waals surface area contributed by atoms with E-state index in [-0.39, 0.29) is 6.04 Å². The van der Waals surface area contributed by atoms with Gasteiger partial charge in [-0.15, -0.1) is 0 Å². The predicted molar refractivity (Wildman–Crippen MR) is 65.5 cm³/mol. The van der Waals surface area contributed by atoms with Crippen LogP contribution in [0.2, 0.25) is 0 Å². The lowest BCUT2D eigenvalue weighted by Gasteiger charge is -2.13. The van der Waals surface area contributed by atoms with Gasteiger partial charge in [-0.3, -0.25) is 0 Å². The molecule has 1 heterocycles. The van der Waals surface area contributed by atoms with Crippen LogP contribution in [0.1, 0.15) is 31.1 Å². The van der Waals surface area contributed by atoms with Gasteiger partial charge < -0.3 is 10.3 Å². The Labute approximate surface area is 95.9 Å². The summed E-state index contributed by atoms with van der Waals surface area (Å²) in [5.41, 5.74) is 9.45. The van der Waals surface area contributed by atoms with Crippen molar-refractivity contribution >= 4 is 0 Å². The molecule has 0 radical (unpaired) electrons. The zero-order valence-corrected chi connectivity index (χ0v) is 9.72. The molecule has 0 spiro atoms. The van der Waals surface area contributed by atoms with Gasteiger partial charge >= 0.3 is 0 Å². The first kappa shape index (κ1) is 10.9. The van der Waals surface area contributed by atoms with Crippen LogP contribution in [-0.2, 0) is 6.42 Å². The summed E-state index contributed by atoms with van der Waals surface area (Å²) in [6, 6.07) is 8.34. The molecule has 84 valence electrons. The summed E-state index contributed by atoms with van der Waals surface area (Å²) in [6.07, 6.45) is 4.66. The molecule has 1 aromatic heterocycles. The highest BCUT2D eigenvalue weighted by Crippen LogP contribution is 2.19. The van der Waals surface area contributed by atoms with Gasteiger partial charge in [0.2, 0.25) is 0 Å². The Morgan fingerprint density at radius 1 is 1.38 bits per heavy atom. The monoisotopic (exact) mass is 215 g/mol. The lowest BCUT2D eigenvalue weighted by molar-refractivity contribution is 0.749. The molecule has 2 rings (SSSR count). The molecule has 1 atom stereocenters. The van der Waals surface area contributed by atoms with E-state index in [1.165, 1.54) is 11.3 Å². The molecule has 0 amide bonds. The van der Waals surface area contributed by atoms with Gasteiger partial charge in [0, 0.05) is 6.04 Å². The number of para-hydroxylation sites is 1. The molecule has 1 aromatic carbocycles. The molecular weight excluding hydrogens is 198 g/mol. The van der Waals surface area contributed by atoms with Gasteiger partial charge in [0.05, 0.1) is 23.9 Å². The third-order valence-corrected chi connectivity index (χ3v) is 2.77. The largest absolute Gasteiger partial charge is 0.323 e. The summed E-state index contributed by atoms with van der Waals surface area (Å²) in [5.74, 6) is 0. The first-order valence-corrected chi connectivity index (χ1v) is 5.60. The van der Waals surface area contributed by atoms with Crippen LogP contribution in [-0.4, -0.2) is 9.55 Å². The Kier molecular flexibility index (Phi) is 3.06. The maximum atomic E-state index is 5.93. The van der Waals surface area contributed by atoms with Crippen molar-refractivity contribution < 1.29 is 0 Å². The summed E-state index contributed by atoms with van der Waals surface area (Å²) >= 11 is 0. The third kappa shape index (κ3) is 1.86. The number of nitrogens with zero attached hydrogens (tertiary/aromatic N) is 2. The van der Waals surface area contributed by atoms with E-state index >= 15 is 0 Å². The summed E-state index contributed by atoms with van der Waals surface area (Å²) in [4.78, 5) is 4.18. The number of imidazole rings is 1. The summed E-state index contributed by atoms with van der Waals surface area (Å²) in [5, 5.41) is 0. The average molecular weight is 215 g/mol. The van der Waals surface area contributed by atoms with Crippen molar-refractivity contribution in [1.29, 1.82) is 0 Å². The first-order chi connectivity index (χ1) is 7.74. The van der Waals surface area contributed by atoms with E-state index in [4.69, 9.17) is 5.73 Å². The van der Waals surface area contributed by atoms with Crippen LogP contribution in [0.4, 0.5) is 0 Å². The number of aryl methyl sites for hydroxylation is 1. The van der Waals surface area contributed by atoms with Crippen molar-refractivity contribution in [2.75, 3.05) is 0 Å². The van der Waals surface area contributed by atoms with Gasteiger partial charge in [-0.2, -0.15) is 0 Å². The molecule has 2 N–H and O–H groups in total. The molecule has 0 aliphatic rings. The summed E-state index contributed by atoms with van der Waals surface area (Å²) in [7, 11) is 0. The van der Waals surface area contributed by atoms with Crippen LogP contribution in [0.15, 0.2) is 36.8 Å². The SMILES string of the molecule is CCc1ccccc1-n1cncc1[C@@H](C)N. The number of hydrogen-bond donors (Lipinski definition) is 1. The van der Waals surface area contributed by atoms with Crippen molar-refractivity contribution in [3.05, 3.63) is 48.0 Å². The zero-order valence-electron chi connectivity index (χ0n) is 9.72. The molecule has 0 fully saturated rings. The molecule has 0 unspecified atom stereocenters. The number of rotatable bonds is 3. The van der Waals surface area contributed by atoms with Gasteiger partial charge in [-0.25, -0.2) is 4.98 Å². The predicted octanol–water partition coefficient (Wildman–Crippen LogP) is 2.45. The Morgan fingerprint density at radius 3 is 2.81 bits per heavy atom. The number of hydrogen-bond acceptors (Lipinski definition) is 2. The Hall–Kier alpha value is -1.61. The van der Waals surface area contributed by atoms with Crippen LogP contribution >= 0.6 is 0 Å². The molecule has 3 nitrogen and oxygen atoms in total. The maximum Gasteiger partial charge on any atom is 0.0994 e. The van der Waals surface area contributed by atoms with E-state index in [0.717, 1.165) is 12.1 Å². The van der Waals surface area contributed by atoms with Crippen molar-refractivity contribution in [1.82, 2.24) is 9.55 Å². The molecule has 0 bridgehead atoms. The van der Waals surface area contributed by atoms with Crippen molar-refractivity contribution in [3.63, 3.8) is 0 Å². The molecule has 16 heavy (non-hydrogen) atoms. The maximum absolute atomic E-state index is 5.93. The normalized spacial score (nSPS) is 12.7. The number of nitrogens with two attached hydrogens (primary N) is 1. The van der Waals surface area contributed by atoms with Crippen molar-refractivity contribution in [2.45, 2.75) is 26.3 Å². The molecule has 0 saturated carbocycles. The second-order valence-corrected chi connectivity index (χ2v) is 3.96. The lowest BCUT2D eigenvalue weighted by Crippen LogP contribution is -2.11. The van der Waals surface area contributed by atoms with Crippen LogP contribution < -0.4 is 5.73 Å². The number of aromatic nitrogens is 2. The highest BCUT2D eigenvalue weighted by atomic mass is 15.1. The second-order valence-electron chi connectivity index (χ2n) is 3.96. The third-order valence-electron chi connectivity index (χ3n) is 2.77. The minimum atomic E-state index is -0.00703. The highest BCUT2D eigenvalue weighted by Gasteiger charge is 2.10. The summed E-state index contributed by atoms with van der Waals surface area (Å²) < 4.78 is 2.07. The smallest absolute Gasteiger partial charge is 0.0994 e. The molecule has 3 heteroatoms. The Balaban J connectivity index is 2.54. The fraction of sp³-hybridized carbons (Fsp3) is 0.308.